The maximum absolute atomic E-state index is 10.7. The van der Waals surface area contributed by atoms with Crippen molar-refractivity contribution in [2.75, 3.05) is 0 Å². The average molecular weight is 191 g/mol. The Labute approximate surface area is 83.2 Å². The van der Waals surface area contributed by atoms with Crippen LogP contribution in [0, 0.1) is 10.1 Å². The van der Waals surface area contributed by atoms with Gasteiger partial charge in [0.25, 0.3) is 5.69 Å². The van der Waals surface area contributed by atoms with Gasteiger partial charge in [-0.1, -0.05) is 31.2 Å². The zero-order valence-corrected chi connectivity index (χ0v) is 8.14. The molecule has 0 radical (unpaired) electrons. The van der Waals surface area contributed by atoms with Gasteiger partial charge in [0.2, 0.25) is 0 Å². The van der Waals surface area contributed by atoms with Gasteiger partial charge >= 0.3 is 0 Å². The summed E-state index contributed by atoms with van der Waals surface area (Å²) in [6.07, 6.45) is 2.58. The Kier molecular flexibility index (Phi) is 3.40. The Morgan fingerprint density at radius 3 is 2.71 bits per heavy atom. The largest absolute Gasteiger partial charge is 0.273 e. The molecule has 3 nitrogen and oxygen atoms in total. The van der Waals surface area contributed by atoms with Crippen LogP contribution in [0.1, 0.15) is 24.8 Å². The zero-order chi connectivity index (χ0) is 10.6. The molecule has 0 N–H and O–H groups in total. The van der Waals surface area contributed by atoms with Crippen molar-refractivity contribution in [1.82, 2.24) is 0 Å². The molecule has 0 saturated carbocycles. The van der Waals surface area contributed by atoms with E-state index in [4.69, 9.17) is 0 Å². The van der Waals surface area contributed by atoms with Gasteiger partial charge in [-0.15, -0.1) is 6.58 Å². The number of rotatable bonds is 4. The molecule has 0 aromatic heterocycles. The molecule has 0 bridgehead atoms. The molecular formula is C11H13NO2. The summed E-state index contributed by atoms with van der Waals surface area (Å²) in [5, 5.41) is 10.7. The second-order valence-electron chi connectivity index (χ2n) is 3.07. The van der Waals surface area contributed by atoms with E-state index in [1.165, 1.54) is 6.07 Å². The van der Waals surface area contributed by atoms with Crippen molar-refractivity contribution in [3.05, 3.63) is 52.6 Å². The molecule has 0 heterocycles. The number of benzene rings is 1. The predicted octanol–water partition coefficient (Wildman–Crippen LogP) is 3.27. The minimum atomic E-state index is -0.346. The second-order valence-corrected chi connectivity index (χ2v) is 3.07. The molecule has 1 rings (SSSR count). The van der Waals surface area contributed by atoms with E-state index >= 15 is 0 Å². The quantitative estimate of drug-likeness (QED) is 0.416. The van der Waals surface area contributed by atoms with Crippen molar-refractivity contribution in [2.45, 2.75) is 19.3 Å². The molecular weight excluding hydrogens is 178 g/mol. The molecule has 0 aliphatic rings. The molecule has 1 atom stereocenters. The van der Waals surface area contributed by atoms with Crippen molar-refractivity contribution >= 4 is 5.69 Å². The first-order valence-corrected chi connectivity index (χ1v) is 4.56. The molecule has 0 aliphatic heterocycles. The summed E-state index contributed by atoms with van der Waals surface area (Å²) < 4.78 is 0. The van der Waals surface area contributed by atoms with E-state index < -0.39 is 0 Å². The minimum absolute atomic E-state index is 0.0663. The van der Waals surface area contributed by atoms with E-state index in [9.17, 15) is 10.1 Å². The van der Waals surface area contributed by atoms with Crippen molar-refractivity contribution in [3.63, 3.8) is 0 Å². The van der Waals surface area contributed by atoms with Crippen molar-refractivity contribution < 1.29 is 4.92 Å². The Morgan fingerprint density at radius 2 is 2.21 bits per heavy atom. The number of allylic oxidation sites excluding steroid dienone is 1. The number of hydrogen-bond donors (Lipinski definition) is 0. The Morgan fingerprint density at radius 1 is 1.57 bits per heavy atom. The third kappa shape index (κ3) is 1.99. The lowest BCUT2D eigenvalue weighted by atomic mass is 9.95. The highest BCUT2D eigenvalue weighted by molar-refractivity contribution is 5.43. The summed E-state index contributed by atoms with van der Waals surface area (Å²) in [4.78, 5) is 10.4. The topological polar surface area (TPSA) is 43.1 Å². The number of para-hydroxylation sites is 1. The van der Waals surface area contributed by atoms with Gasteiger partial charge in [0.1, 0.15) is 0 Å². The van der Waals surface area contributed by atoms with E-state index in [1.54, 1.807) is 18.2 Å². The fourth-order valence-electron chi connectivity index (χ4n) is 1.48. The molecule has 3 heteroatoms. The molecule has 74 valence electrons. The molecule has 0 spiro atoms. The fraction of sp³-hybridized carbons (Fsp3) is 0.273. The van der Waals surface area contributed by atoms with Crippen LogP contribution < -0.4 is 0 Å². The zero-order valence-electron chi connectivity index (χ0n) is 8.14. The van der Waals surface area contributed by atoms with Gasteiger partial charge in [-0.05, 0) is 6.42 Å². The highest BCUT2D eigenvalue weighted by atomic mass is 16.6. The summed E-state index contributed by atoms with van der Waals surface area (Å²) in [6, 6.07) is 6.81. The van der Waals surface area contributed by atoms with Crippen molar-refractivity contribution in [1.29, 1.82) is 0 Å². The maximum Gasteiger partial charge on any atom is 0.273 e. The minimum Gasteiger partial charge on any atom is -0.258 e. The van der Waals surface area contributed by atoms with Crippen LogP contribution in [0.5, 0.6) is 0 Å². The van der Waals surface area contributed by atoms with Crippen molar-refractivity contribution in [3.8, 4) is 0 Å². The SMILES string of the molecule is C=C[C@@H](CC)c1ccccc1[N+](=O)[O-]. The summed E-state index contributed by atoms with van der Waals surface area (Å²) in [7, 11) is 0. The molecule has 0 fully saturated rings. The monoisotopic (exact) mass is 191 g/mol. The van der Waals surface area contributed by atoms with E-state index in [2.05, 4.69) is 6.58 Å². The first-order valence-electron chi connectivity index (χ1n) is 4.56. The first kappa shape index (κ1) is 10.4. The van der Waals surface area contributed by atoms with Crippen LogP contribution in [0.3, 0.4) is 0 Å². The summed E-state index contributed by atoms with van der Waals surface area (Å²) in [6.45, 7) is 5.68. The summed E-state index contributed by atoms with van der Waals surface area (Å²) >= 11 is 0. The van der Waals surface area contributed by atoms with Gasteiger partial charge in [0.15, 0.2) is 0 Å². The second kappa shape index (κ2) is 4.56. The van der Waals surface area contributed by atoms with Crippen LogP contribution in [0.15, 0.2) is 36.9 Å². The van der Waals surface area contributed by atoms with E-state index in [0.717, 1.165) is 12.0 Å². The molecule has 0 amide bonds. The third-order valence-corrected chi connectivity index (χ3v) is 2.26. The number of nitro benzene ring substituents is 1. The van der Waals surface area contributed by atoms with Crippen LogP contribution in [0.25, 0.3) is 0 Å². The number of hydrogen-bond acceptors (Lipinski definition) is 2. The number of nitro groups is 1. The molecule has 1 aromatic carbocycles. The Bertz CT molecular complexity index is 347. The lowest BCUT2D eigenvalue weighted by Crippen LogP contribution is -1.99. The van der Waals surface area contributed by atoms with Gasteiger partial charge in [-0.25, -0.2) is 0 Å². The average Bonchev–Trinajstić information content (AvgIpc) is 2.20. The lowest BCUT2D eigenvalue weighted by molar-refractivity contribution is -0.385. The Balaban J connectivity index is 3.18. The van der Waals surface area contributed by atoms with Gasteiger partial charge in [-0.3, -0.25) is 10.1 Å². The highest BCUT2D eigenvalue weighted by Gasteiger charge is 2.17. The smallest absolute Gasteiger partial charge is 0.258 e. The van der Waals surface area contributed by atoms with E-state index in [0.29, 0.717) is 0 Å². The third-order valence-electron chi connectivity index (χ3n) is 2.26. The van der Waals surface area contributed by atoms with Crippen LogP contribution in [-0.2, 0) is 0 Å². The predicted molar refractivity (Wildman–Crippen MR) is 56.3 cm³/mol. The number of nitrogens with zero attached hydrogens (tertiary/aromatic N) is 1. The summed E-state index contributed by atoms with van der Waals surface area (Å²) in [5.74, 6) is 0.0663. The van der Waals surface area contributed by atoms with Gasteiger partial charge in [-0.2, -0.15) is 0 Å². The molecule has 0 unspecified atom stereocenters. The Hall–Kier alpha value is -1.64. The fourth-order valence-corrected chi connectivity index (χ4v) is 1.48. The van der Waals surface area contributed by atoms with Crippen LogP contribution >= 0.6 is 0 Å². The molecule has 0 aliphatic carbocycles. The molecule has 1 aromatic rings. The van der Waals surface area contributed by atoms with Crippen LogP contribution in [0.2, 0.25) is 0 Å². The van der Waals surface area contributed by atoms with E-state index in [1.807, 2.05) is 13.0 Å². The molecule has 14 heavy (non-hydrogen) atoms. The standard InChI is InChI=1S/C11H13NO2/c1-3-9(4-2)10-7-5-6-8-11(10)12(13)14/h3,5-9H,1,4H2,2H3/t9-/m0/s1. The van der Waals surface area contributed by atoms with Crippen LogP contribution in [-0.4, -0.2) is 4.92 Å². The first-order chi connectivity index (χ1) is 6.70. The molecule has 0 saturated heterocycles. The van der Waals surface area contributed by atoms with Gasteiger partial charge < -0.3 is 0 Å². The normalized spacial score (nSPS) is 12.1. The van der Waals surface area contributed by atoms with Gasteiger partial charge in [0.05, 0.1) is 4.92 Å². The van der Waals surface area contributed by atoms with E-state index in [-0.39, 0.29) is 16.5 Å². The maximum atomic E-state index is 10.7. The van der Waals surface area contributed by atoms with Crippen molar-refractivity contribution in [2.24, 2.45) is 0 Å². The summed E-state index contributed by atoms with van der Waals surface area (Å²) in [5.41, 5.74) is 0.925. The lowest BCUT2D eigenvalue weighted by Gasteiger charge is -2.09. The highest BCUT2D eigenvalue weighted by Crippen LogP contribution is 2.28. The van der Waals surface area contributed by atoms with Gasteiger partial charge in [0, 0.05) is 17.5 Å². The van der Waals surface area contributed by atoms with Crippen LogP contribution in [0.4, 0.5) is 5.69 Å².